The first-order valence-electron chi connectivity index (χ1n) is 14.8. The summed E-state index contributed by atoms with van der Waals surface area (Å²) < 4.78 is 24.8. The van der Waals surface area contributed by atoms with Crippen LogP contribution in [0.5, 0.6) is 5.75 Å². The van der Waals surface area contributed by atoms with E-state index in [4.69, 9.17) is 21.1 Å². The lowest BCUT2D eigenvalue weighted by atomic mass is 9.88. The molecule has 1 unspecified atom stereocenters. The van der Waals surface area contributed by atoms with Crippen LogP contribution in [0.15, 0.2) is 54.2 Å². The number of methoxy groups -OCH3 is 1. The molecule has 1 amide bonds. The van der Waals surface area contributed by atoms with E-state index in [-0.39, 0.29) is 24.2 Å². The number of carbonyl (C=O) groups is 1. The minimum atomic E-state index is -0.315. The van der Waals surface area contributed by atoms with Crippen molar-refractivity contribution in [2.75, 3.05) is 45.2 Å². The quantitative estimate of drug-likeness (QED) is 0.218. The third-order valence-corrected chi connectivity index (χ3v) is 8.18. The van der Waals surface area contributed by atoms with Gasteiger partial charge in [0.1, 0.15) is 18.2 Å². The molecule has 43 heavy (non-hydrogen) atoms. The average molecular weight is 610 g/mol. The van der Waals surface area contributed by atoms with Crippen LogP contribution in [-0.4, -0.2) is 60.9 Å². The van der Waals surface area contributed by atoms with Crippen molar-refractivity contribution >= 4 is 34.6 Å². The molecule has 0 spiro atoms. The zero-order valence-electron chi connectivity index (χ0n) is 25.4. The molecular formula is C33H41ClFN5O3. The maximum absolute atomic E-state index is 13.7. The van der Waals surface area contributed by atoms with E-state index in [1.165, 1.54) is 12.1 Å². The average Bonchev–Trinajstić information content (AvgIpc) is 3.14. The molecule has 2 N–H and O–H groups in total. The Morgan fingerprint density at radius 2 is 2.00 bits per heavy atom. The van der Waals surface area contributed by atoms with E-state index in [2.05, 4.69) is 39.6 Å². The molecule has 8 nitrogen and oxygen atoms in total. The number of aryl methyl sites for hydroxylation is 1. The first kappa shape index (κ1) is 32.4. The Kier molecular flexibility index (Phi) is 11.9. The second kappa shape index (κ2) is 15.8. The summed E-state index contributed by atoms with van der Waals surface area (Å²) in [7, 11) is 1.69. The number of benzene rings is 2. The fourth-order valence-corrected chi connectivity index (χ4v) is 5.76. The van der Waals surface area contributed by atoms with E-state index in [9.17, 15) is 9.18 Å². The second-order valence-corrected chi connectivity index (χ2v) is 11.0. The highest BCUT2D eigenvalue weighted by atomic mass is 35.5. The summed E-state index contributed by atoms with van der Waals surface area (Å²) in [4.78, 5) is 16.0. The molecule has 4 rings (SSSR count). The van der Waals surface area contributed by atoms with Gasteiger partial charge in [-0.1, -0.05) is 37.6 Å². The van der Waals surface area contributed by atoms with E-state index < -0.39 is 0 Å². The van der Waals surface area contributed by atoms with Gasteiger partial charge in [-0.15, -0.1) is 5.10 Å². The molecule has 0 fully saturated rings. The van der Waals surface area contributed by atoms with Gasteiger partial charge >= 0.3 is 0 Å². The first-order chi connectivity index (χ1) is 20.8. The Morgan fingerprint density at radius 3 is 2.72 bits per heavy atom. The zero-order chi connectivity index (χ0) is 30.8. The van der Waals surface area contributed by atoms with Crippen molar-refractivity contribution in [2.45, 2.75) is 46.6 Å². The standard InChI is InChI=1S/C33H41ClFN5O3/c1-5-40(6-2)16-15-36-33(41)31-22(3)30-25(11-10-24(31)14-17-42-4)20-37-39-32(30)38-27-12-13-29(28(34)19-27)43-21-23-8-7-9-26(35)18-23/h7-9,12-13,18-20,24H,5-6,10-11,14-17,21H2,1-4H3,(H,36,41)(H,38,39). The van der Waals surface area contributed by atoms with Gasteiger partial charge in [0.15, 0.2) is 5.82 Å². The van der Waals surface area contributed by atoms with Crippen molar-refractivity contribution in [3.05, 3.63) is 81.8 Å². The van der Waals surface area contributed by atoms with Crippen molar-refractivity contribution in [2.24, 2.45) is 5.92 Å². The van der Waals surface area contributed by atoms with Crippen LogP contribution in [0.2, 0.25) is 5.02 Å². The fraction of sp³-hybridized carbons (Fsp3) is 0.424. The highest BCUT2D eigenvalue weighted by molar-refractivity contribution is 6.32. The number of halogens is 2. The molecule has 1 aliphatic carbocycles. The van der Waals surface area contributed by atoms with Crippen LogP contribution in [0, 0.1) is 11.7 Å². The summed E-state index contributed by atoms with van der Waals surface area (Å²) in [6, 6.07) is 11.6. The van der Waals surface area contributed by atoms with E-state index in [1.807, 2.05) is 13.0 Å². The van der Waals surface area contributed by atoms with E-state index in [0.29, 0.717) is 41.0 Å². The van der Waals surface area contributed by atoms with Crippen LogP contribution in [0.1, 0.15) is 50.3 Å². The molecule has 230 valence electrons. The number of anilines is 2. The maximum Gasteiger partial charge on any atom is 0.247 e. The Bertz CT molecular complexity index is 1430. The highest BCUT2D eigenvalue weighted by Gasteiger charge is 2.29. The van der Waals surface area contributed by atoms with Crippen LogP contribution >= 0.6 is 11.6 Å². The van der Waals surface area contributed by atoms with E-state index in [0.717, 1.165) is 61.2 Å². The van der Waals surface area contributed by atoms with Crippen LogP contribution in [0.3, 0.4) is 0 Å². The molecule has 1 aromatic heterocycles. The molecule has 0 aliphatic heterocycles. The number of hydrogen-bond acceptors (Lipinski definition) is 7. The molecule has 3 aromatic rings. The molecule has 1 atom stereocenters. The predicted molar refractivity (Wildman–Crippen MR) is 169 cm³/mol. The molecular weight excluding hydrogens is 569 g/mol. The number of hydrogen-bond donors (Lipinski definition) is 2. The highest BCUT2D eigenvalue weighted by Crippen LogP contribution is 2.39. The monoisotopic (exact) mass is 609 g/mol. The van der Waals surface area contributed by atoms with Gasteiger partial charge in [0.2, 0.25) is 5.91 Å². The van der Waals surface area contributed by atoms with Gasteiger partial charge in [-0.2, -0.15) is 5.10 Å². The van der Waals surface area contributed by atoms with Crippen LogP contribution in [0.4, 0.5) is 15.9 Å². The number of allylic oxidation sites excluding steroid dienone is 1. The van der Waals surface area contributed by atoms with Gasteiger partial charge in [-0.3, -0.25) is 4.79 Å². The molecule has 10 heteroatoms. The minimum absolute atomic E-state index is 0.0395. The summed E-state index contributed by atoms with van der Waals surface area (Å²) in [5.74, 6) is 0.710. The second-order valence-electron chi connectivity index (χ2n) is 10.6. The van der Waals surface area contributed by atoms with Crippen molar-refractivity contribution in [1.29, 1.82) is 0 Å². The number of aromatic nitrogens is 2. The van der Waals surface area contributed by atoms with Crippen LogP contribution in [-0.2, 0) is 22.6 Å². The van der Waals surface area contributed by atoms with E-state index in [1.54, 1.807) is 37.6 Å². The summed E-state index contributed by atoms with van der Waals surface area (Å²) in [6.07, 6.45) is 4.10. The lowest BCUT2D eigenvalue weighted by Gasteiger charge is -2.22. The van der Waals surface area contributed by atoms with Crippen molar-refractivity contribution in [3.63, 3.8) is 0 Å². The van der Waals surface area contributed by atoms with Gasteiger partial charge in [-0.05, 0) is 92.2 Å². The van der Waals surface area contributed by atoms with Gasteiger partial charge in [-0.25, -0.2) is 4.39 Å². The third-order valence-electron chi connectivity index (χ3n) is 7.88. The van der Waals surface area contributed by atoms with Crippen LogP contribution < -0.4 is 15.4 Å². The predicted octanol–water partition coefficient (Wildman–Crippen LogP) is 6.42. The number of carbonyl (C=O) groups excluding carboxylic acids is 1. The smallest absolute Gasteiger partial charge is 0.247 e. The maximum atomic E-state index is 13.7. The third kappa shape index (κ3) is 8.53. The fourth-order valence-electron chi connectivity index (χ4n) is 5.52. The number of likely N-dealkylation sites (N-methyl/N-ethyl adjacent to an activating group) is 1. The molecule has 2 aromatic carbocycles. The number of ether oxygens (including phenoxy) is 2. The normalized spacial score (nSPS) is 14.8. The lowest BCUT2D eigenvalue weighted by Crippen LogP contribution is -2.36. The van der Waals surface area contributed by atoms with E-state index >= 15 is 0 Å². The lowest BCUT2D eigenvalue weighted by molar-refractivity contribution is -0.118. The number of amides is 1. The SMILES string of the molecule is CCN(CC)CCNC(=O)C1=C(C)c2c(cnnc2Nc2ccc(OCc3cccc(F)c3)c(Cl)c2)CCC1CCOC. The van der Waals surface area contributed by atoms with Crippen molar-refractivity contribution in [3.8, 4) is 5.75 Å². The molecule has 1 heterocycles. The largest absolute Gasteiger partial charge is 0.487 e. The number of rotatable bonds is 14. The van der Waals surface area contributed by atoms with Gasteiger partial charge in [0.05, 0.1) is 11.2 Å². The Labute approximate surface area is 258 Å². The van der Waals surface area contributed by atoms with Gasteiger partial charge < -0.3 is 25.0 Å². The summed E-state index contributed by atoms with van der Waals surface area (Å²) >= 11 is 6.56. The topological polar surface area (TPSA) is 88.6 Å². The van der Waals surface area contributed by atoms with Gasteiger partial charge in [0.25, 0.3) is 0 Å². The minimum Gasteiger partial charge on any atom is -0.487 e. The number of nitrogens with zero attached hydrogens (tertiary/aromatic N) is 3. The zero-order valence-corrected chi connectivity index (χ0v) is 26.1. The number of nitrogens with one attached hydrogen (secondary N) is 2. The van der Waals surface area contributed by atoms with Crippen molar-refractivity contribution in [1.82, 2.24) is 20.4 Å². The summed E-state index contributed by atoms with van der Waals surface area (Å²) in [5, 5.41) is 15.6. The molecule has 0 bridgehead atoms. The summed E-state index contributed by atoms with van der Waals surface area (Å²) in [6.45, 7) is 10.2. The van der Waals surface area contributed by atoms with Gasteiger partial charge in [0, 0.05) is 43.6 Å². The molecule has 0 radical (unpaired) electrons. The molecule has 1 aliphatic rings. The Hall–Kier alpha value is -3.53. The molecule has 0 saturated heterocycles. The first-order valence-corrected chi connectivity index (χ1v) is 15.2. The Balaban J connectivity index is 1.59. The molecule has 0 saturated carbocycles. The Morgan fingerprint density at radius 1 is 1.19 bits per heavy atom. The van der Waals surface area contributed by atoms with Crippen LogP contribution in [0.25, 0.3) is 5.57 Å². The number of fused-ring (bicyclic) bond motifs is 1. The van der Waals surface area contributed by atoms with Crippen molar-refractivity contribution < 1.29 is 18.7 Å². The summed E-state index contributed by atoms with van der Waals surface area (Å²) in [5.41, 5.74) is 4.97.